The zero-order valence-corrected chi connectivity index (χ0v) is 16.5. The van der Waals surface area contributed by atoms with Crippen molar-refractivity contribution in [2.45, 2.75) is 13.5 Å². The number of benzene rings is 2. The van der Waals surface area contributed by atoms with E-state index in [2.05, 4.69) is 22.9 Å². The molecule has 132 valence electrons. The summed E-state index contributed by atoms with van der Waals surface area (Å²) < 4.78 is 13.8. The predicted octanol–water partition coefficient (Wildman–Crippen LogP) is 1.66. The lowest BCUT2D eigenvalue weighted by Crippen LogP contribution is -3.00. The van der Waals surface area contributed by atoms with Crippen LogP contribution in [0.3, 0.4) is 0 Å². The molecule has 0 fully saturated rings. The number of rotatable bonds is 4. The van der Waals surface area contributed by atoms with Crippen LogP contribution < -0.4 is 38.6 Å². The number of ether oxygens (including phenoxy) is 1. The molecule has 0 bridgehead atoms. The summed E-state index contributed by atoms with van der Waals surface area (Å²) >= 11 is 0. The van der Waals surface area contributed by atoms with Gasteiger partial charge in [0.25, 0.3) is 5.52 Å². The Morgan fingerprint density at radius 2 is 1.81 bits per heavy atom. The van der Waals surface area contributed by atoms with E-state index >= 15 is 0 Å². The van der Waals surface area contributed by atoms with Crippen molar-refractivity contribution in [2.24, 2.45) is 0 Å². The third-order valence-corrected chi connectivity index (χ3v) is 4.03. The van der Waals surface area contributed by atoms with E-state index in [1.54, 1.807) is 0 Å². The number of aryl methyl sites for hydroxylation is 1. The summed E-state index contributed by atoms with van der Waals surface area (Å²) in [7, 11) is 0. The van der Waals surface area contributed by atoms with Crippen molar-refractivity contribution in [1.29, 1.82) is 0 Å². The van der Waals surface area contributed by atoms with Crippen LogP contribution in [0.25, 0.3) is 17.2 Å². The third kappa shape index (κ3) is 3.67. The molecule has 0 unspecified atom stereocenters. The number of nitrogens with one attached hydrogen (secondary N) is 1. The summed E-state index contributed by atoms with van der Waals surface area (Å²) in [6.45, 7) is 2.97. The maximum Gasteiger partial charge on any atom is 0.374 e. The predicted molar refractivity (Wildman–Crippen MR) is 99.0 cm³/mol. The molecule has 0 atom stereocenters. The van der Waals surface area contributed by atoms with Gasteiger partial charge in [0.15, 0.2) is 11.6 Å². The normalized spacial score (nSPS) is 14.6. The first-order valence-corrected chi connectivity index (χ1v) is 8.35. The van der Waals surface area contributed by atoms with E-state index in [0.717, 1.165) is 40.9 Å². The Bertz CT molecular complexity index is 975. The van der Waals surface area contributed by atoms with Gasteiger partial charge >= 0.3 is 5.89 Å². The van der Waals surface area contributed by atoms with Crippen LogP contribution in [-0.4, -0.2) is 0 Å². The molecule has 1 aromatic heterocycles. The second-order valence-corrected chi connectivity index (χ2v) is 5.65. The molecular formula is C21H19IN2O2. The lowest BCUT2D eigenvalue weighted by atomic mass is 10.3. The van der Waals surface area contributed by atoms with Crippen molar-refractivity contribution in [3.05, 3.63) is 84.6 Å². The molecule has 5 heteroatoms. The Morgan fingerprint density at radius 3 is 2.65 bits per heavy atom. The highest BCUT2D eigenvalue weighted by Crippen LogP contribution is 2.32. The molecule has 2 aromatic carbocycles. The molecule has 26 heavy (non-hydrogen) atoms. The molecule has 1 N–H and O–H groups in total. The van der Waals surface area contributed by atoms with Gasteiger partial charge in [0.05, 0.1) is 11.8 Å². The van der Waals surface area contributed by atoms with E-state index in [1.807, 2.05) is 72.8 Å². The van der Waals surface area contributed by atoms with Crippen molar-refractivity contribution >= 4 is 22.9 Å². The van der Waals surface area contributed by atoms with Gasteiger partial charge in [-0.2, -0.15) is 4.57 Å². The highest BCUT2D eigenvalue weighted by atomic mass is 127. The number of fused-ring (bicyclic) bond motifs is 2. The number of halogens is 1. The second-order valence-electron chi connectivity index (χ2n) is 5.65. The third-order valence-electron chi connectivity index (χ3n) is 4.03. The minimum absolute atomic E-state index is 0. The Balaban J connectivity index is 0.00000196. The van der Waals surface area contributed by atoms with Gasteiger partial charge in [-0.25, -0.2) is 0 Å². The molecule has 1 aliphatic heterocycles. The molecule has 0 aliphatic carbocycles. The van der Waals surface area contributed by atoms with Gasteiger partial charge in [-0.1, -0.05) is 42.5 Å². The van der Waals surface area contributed by atoms with Crippen molar-refractivity contribution < 1.29 is 37.7 Å². The van der Waals surface area contributed by atoms with E-state index in [-0.39, 0.29) is 24.0 Å². The van der Waals surface area contributed by atoms with Gasteiger partial charge in [-0.05, 0) is 31.2 Å². The van der Waals surface area contributed by atoms with E-state index in [1.165, 1.54) is 0 Å². The first-order valence-electron chi connectivity index (χ1n) is 8.35. The molecule has 0 amide bonds. The zero-order chi connectivity index (χ0) is 17.1. The number of nitrogens with zero attached hydrogens (tertiary/aromatic N) is 1. The Hall–Kier alpha value is -2.54. The number of hydrogen-bond donors (Lipinski definition) is 1. The highest BCUT2D eigenvalue weighted by molar-refractivity contribution is 5.69. The van der Waals surface area contributed by atoms with Crippen LogP contribution in [0, 0.1) is 0 Å². The summed E-state index contributed by atoms with van der Waals surface area (Å²) in [5.41, 5.74) is 3.00. The van der Waals surface area contributed by atoms with Gasteiger partial charge in [-0.15, -0.1) is 0 Å². The van der Waals surface area contributed by atoms with Crippen molar-refractivity contribution in [2.75, 3.05) is 5.32 Å². The standard InChI is InChI=1S/C21H18N2O2.HI/c1-2-23-17-11-7-9-13-19(17)25-21(23)15-5-3-4-14-20-22-16-10-6-8-12-18(16)24-20;/h3-15H,2H2,1H3;1H. The maximum atomic E-state index is 5.90. The summed E-state index contributed by atoms with van der Waals surface area (Å²) in [6, 6.07) is 15.9. The molecule has 0 saturated heterocycles. The van der Waals surface area contributed by atoms with Crippen LogP contribution in [0.5, 0.6) is 5.75 Å². The Morgan fingerprint density at radius 1 is 1.00 bits per heavy atom. The summed E-state index contributed by atoms with van der Waals surface area (Å²) in [6.07, 6.45) is 9.72. The number of hydrogen-bond acceptors (Lipinski definition) is 3. The molecule has 2 heterocycles. The molecular weight excluding hydrogens is 439 g/mol. The first kappa shape index (κ1) is 18.3. The Kier molecular flexibility index (Phi) is 5.78. The quantitative estimate of drug-likeness (QED) is 0.367. The highest BCUT2D eigenvalue weighted by Gasteiger charge is 2.17. The molecule has 0 saturated carbocycles. The summed E-state index contributed by atoms with van der Waals surface area (Å²) in [5.74, 6) is 2.41. The number of allylic oxidation sites excluding steroid dienone is 4. The number of anilines is 1. The van der Waals surface area contributed by atoms with Crippen LogP contribution in [0.2, 0.25) is 0 Å². The SMILES string of the molecule is CC[n+]1c(C=CC=CC=C2Nc3ccccc3O2)oc2ccccc21.[I-]. The molecule has 0 radical (unpaired) electrons. The minimum atomic E-state index is 0. The van der Waals surface area contributed by atoms with E-state index in [0.29, 0.717) is 0 Å². The maximum absolute atomic E-state index is 5.90. The van der Waals surface area contributed by atoms with Gasteiger partial charge in [0.1, 0.15) is 6.54 Å². The van der Waals surface area contributed by atoms with Gasteiger partial charge in [-0.3, -0.25) is 0 Å². The van der Waals surface area contributed by atoms with Crippen LogP contribution in [0.4, 0.5) is 5.69 Å². The fourth-order valence-corrected chi connectivity index (χ4v) is 2.86. The molecule has 0 spiro atoms. The average Bonchev–Trinajstić information content (AvgIpc) is 3.21. The van der Waals surface area contributed by atoms with Gasteiger partial charge in [0.2, 0.25) is 5.58 Å². The van der Waals surface area contributed by atoms with E-state index in [4.69, 9.17) is 9.15 Å². The van der Waals surface area contributed by atoms with Gasteiger partial charge in [0, 0.05) is 6.07 Å². The monoisotopic (exact) mass is 458 g/mol. The molecule has 4 rings (SSSR count). The lowest BCUT2D eigenvalue weighted by Gasteiger charge is -1.94. The van der Waals surface area contributed by atoms with Crippen LogP contribution in [0.1, 0.15) is 12.8 Å². The van der Waals surface area contributed by atoms with E-state index in [9.17, 15) is 0 Å². The van der Waals surface area contributed by atoms with Crippen LogP contribution >= 0.6 is 0 Å². The second kappa shape index (κ2) is 8.23. The fourth-order valence-electron chi connectivity index (χ4n) is 2.86. The first-order chi connectivity index (χ1) is 12.3. The van der Waals surface area contributed by atoms with Crippen LogP contribution in [0.15, 0.2) is 83.1 Å². The topological polar surface area (TPSA) is 38.3 Å². The van der Waals surface area contributed by atoms with Crippen molar-refractivity contribution in [3.63, 3.8) is 0 Å². The zero-order valence-electron chi connectivity index (χ0n) is 14.4. The van der Waals surface area contributed by atoms with Crippen molar-refractivity contribution in [3.8, 4) is 5.75 Å². The number of para-hydroxylation sites is 4. The average molecular weight is 458 g/mol. The smallest absolute Gasteiger partial charge is 0.374 e. The molecule has 4 nitrogen and oxygen atoms in total. The lowest BCUT2D eigenvalue weighted by molar-refractivity contribution is -0.674. The minimum Gasteiger partial charge on any atom is -1.00 e. The fraction of sp³-hybridized carbons (Fsp3) is 0.0952. The largest absolute Gasteiger partial charge is 1.00 e. The van der Waals surface area contributed by atoms with E-state index < -0.39 is 0 Å². The van der Waals surface area contributed by atoms with Crippen molar-refractivity contribution in [1.82, 2.24) is 0 Å². The Labute approximate surface area is 169 Å². The van der Waals surface area contributed by atoms with Crippen LogP contribution in [-0.2, 0) is 6.54 Å². The number of aromatic nitrogens is 1. The summed E-state index contributed by atoms with van der Waals surface area (Å²) in [4.78, 5) is 0. The number of oxazole rings is 1. The summed E-state index contributed by atoms with van der Waals surface area (Å²) in [5, 5.41) is 3.22. The van der Waals surface area contributed by atoms with Gasteiger partial charge < -0.3 is 38.4 Å². The molecule has 3 aromatic rings. The molecule has 1 aliphatic rings.